The fourth-order valence-electron chi connectivity index (χ4n) is 6.48. The van der Waals surface area contributed by atoms with Crippen molar-refractivity contribution in [2.24, 2.45) is 16.6 Å². The Labute approximate surface area is 265 Å². The van der Waals surface area contributed by atoms with Gasteiger partial charge in [0.1, 0.15) is 12.1 Å². The molecule has 3 aliphatic carbocycles. The van der Waals surface area contributed by atoms with E-state index >= 15 is 0 Å². The van der Waals surface area contributed by atoms with Crippen molar-refractivity contribution in [2.45, 2.75) is 76.1 Å². The first-order valence-electron chi connectivity index (χ1n) is 15.4. The van der Waals surface area contributed by atoms with Gasteiger partial charge in [-0.15, -0.1) is 0 Å². The van der Waals surface area contributed by atoms with Gasteiger partial charge in [0.05, 0.1) is 5.41 Å². The Bertz CT molecular complexity index is 1440. The molecule has 0 aliphatic heterocycles. The van der Waals surface area contributed by atoms with Gasteiger partial charge >= 0.3 is 18.0 Å². The van der Waals surface area contributed by atoms with Gasteiger partial charge in [-0.25, -0.2) is 9.59 Å². The monoisotopic (exact) mass is 639 g/mol. The molecule has 46 heavy (non-hydrogen) atoms. The first kappa shape index (κ1) is 34.2. The third kappa shape index (κ3) is 8.50. The van der Waals surface area contributed by atoms with E-state index in [-0.39, 0.29) is 43.1 Å². The second kappa shape index (κ2) is 15.0. The summed E-state index contributed by atoms with van der Waals surface area (Å²) in [7, 11) is 0. The second-order valence-electron chi connectivity index (χ2n) is 12.4. The molecule has 0 saturated heterocycles. The van der Waals surface area contributed by atoms with Crippen LogP contribution >= 0.6 is 0 Å². The number of hydrogen-bond acceptors (Lipinski definition) is 8. The van der Waals surface area contributed by atoms with Crippen LogP contribution in [0.4, 0.5) is 4.79 Å². The highest BCUT2D eigenvalue weighted by Gasteiger charge is 2.70. The maximum absolute atomic E-state index is 13.3. The molecule has 0 aromatic heterocycles. The Hall–Kier alpha value is -4.72. The van der Waals surface area contributed by atoms with E-state index in [0.29, 0.717) is 25.8 Å². The van der Waals surface area contributed by atoms with Gasteiger partial charge < -0.3 is 42.0 Å². The van der Waals surface area contributed by atoms with E-state index in [1.54, 1.807) is 0 Å². The number of carbonyl (C=O) groups is 6. The molecule has 3 atom stereocenters. The van der Waals surface area contributed by atoms with Gasteiger partial charge in [0.25, 0.3) is 6.47 Å². The lowest BCUT2D eigenvalue weighted by atomic mass is 9.35. The number of benzene rings is 2. The maximum Gasteiger partial charge on any atom is 0.326 e. The number of aliphatic carboxylic acids is 2. The lowest BCUT2D eigenvalue weighted by molar-refractivity contribution is -0.203. The topological polar surface area (TPSA) is 226 Å². The molecule has 4 amide bonds. The van der Waals surface area contributed by atoms with E-state index in [0.717, 1.165) is 35.6 Å². The molecule has 8 N–H and O–H groups in total. The zero-order valence-corrected chi connectivity index (χ0v) is 25.5. The maximum atomic E-state index is 13.3. The van der Waals surface area contributed by atoms with Crippen LogP contribution in [0.2, 0.25) is 0 Å². The third-order valence-electron chi connectivity index (χ3n) is 8.88. The molecule has 0 heterocycles. The normalized spacial score (nSPS) is 21.3. The first-order valence-corrected chi connectivity index (χ1v) is 15.4. The van der Waals surface area contributed by atoms with E-state index in [1.165, 1.54) is 0 Å². The van der Waals surface area contributed by atoms with Crippen LogP contribution in [-0.4, -0.2) is 77.9 Å². The molecule has 0 unspecified atom stereocenters. The quantitative estimate of drug-likeness (QED) is 0.0664. The van der Waals surface area contributed by atoms with Crippen LogP contribution in [0.25, 0.3) is 10.8 Å². The lowest BCUT2D eigenvalue weighted by Gasteiger charge is -2.69. The number of hydrogen-bond donors (Lipinski definition) is 7. The zero-order valence-electron chi connectivity index (χ0n) is 25.5. The average molecular weight is 640 g/mol. The summed E-state index contributed by atoms with van der Waals surface area (Å²) in [4.78, 5) is 71.9. The SMILES string of the molecule is NCC12CC(C(=O)N[C@@H](Cc3ccc4ccccc4c3)C(=O)NCCCC[C@H](NC(=O)N[C@@H](CCC(=O)O)C(=O)O)OC=O)(C1)C2. The summed E-state index contributed by atoms with van der Waals surface area (Å²) in [6.07, 6.45) is 1.68. The molecule has 5 rings (SSSR count). The molecule has 2 aromatic carbocycles. The van der Waals surface area contributed by atoms with E-state index < -0.39 is 48.1 Å². The molecular weight excluding hydrogens is 598 g/mol. The lowest BCUT2D eigenvalue weighted by Crippen LogP contribution is -2.71. The van der Waals surface area contributed by atoms with Gasteiger partial charge in [-0.3, -0.25) is 19.2 Å². The van der Waals surface area contributed by atoms with E-state index in [2.05, 4.69) is 21.3 Å². The van der Waals surface area contributed by atoms with Crippen LogP contribution < -0.4 is 27.0 Å². The molecule has 3 saturated carbocycles. The fourth-order valence-corrected chi connectivity index (χ4v) is 6.48. The third-order valence-corrected chi connectivity index (χ3v) is 8.88. The van der Waals surface area contributed by atoms with Crippen LogP contribution in [0.1, 0.15) is 56.9 Å². The molecule has 0 radical (unpaired) electrons. The van der Waals surface area contributed by atoms with E-state index in [1.807, 2.05) is 42.5 Å². The molecule has 14 nitrogen and oxygen atoms in total. The molecular formula is C32H41N5O9. The van der Waals surface area contributed by atoms with Crippen molar-refractivity contribution in [3.8, 4) is 0 Å². The van der Waals surface area contributed by atoms with Crippen molar-refractivity contribution < 1.29 is 43.7 Å². The van der Waals surface area contributed by atoms with Gasteiger partial charge in [-0.05, 0) is 66.8 Å². The van der Waals surface area contributed by atoms with Crippen LogP contribution in [0.15, 0.2) is 42.5 Å². The molecule has 3 fully saturated rings. The van der Waals surface area contributed by atoms with Crippen LogP contribution in [0, 0.1) is 10.8 Å². The van der Waals surface area contributed by atoms with Crippen molar-refractivity contribution in [3.05, 3.63) is 48.0 Å². The molecule has 14 heteroatoms. The Morgan fingerprint density at radius 3 is 2.28 bits per heavy atom. The second-order valence-corrected chi connectivity index (χ2v) is 12.4. The van der Waals surface area contributed by atoms with Crippen molar-refractivity contribution in [1.29, 1.82) is 0 Å². The summed E-state index contributed by atoms with van der Waals surface area (Å²) < 4.78 is 4.89. The highest BCUT2D eigenvalue weighted by Crippen LogP contribution is 2.72. The summed E-state index contributed by atoms with van der Waals surface area (Å²) in [6.45, 7) is 0.950. The van der Waals surface area contributed by atoms with Crippen molar-refractivity contribution >= 4 is 47.0 Å². The Kier molecular flexibility index (Phi) is 11.2. The largest absolute Gasteiger partial charge is 0.481 e. The van der Waals surface area contributed by atoms with Gasteiger partial charge in [0.2, 0.25) is 11.8 Å². The molecule has 2 aromatic rings. The van der Waals surface area contributed by atoms with Gasteiger partial charge in [-0.1, -0.05) is 42.5 Å². The van der Waals surface area contributed by atoms with E-state index in [9.17, 15) is 33.9 Å². The summed E-state index contributed by atoms with van der Waals surface area (Å²) in [5, 5.41) is 30.5. The number of unbranched alkanes of at least 4 members (excludes halogenated alkanes) is 1. The standard InChI is InChI=1S/C32H41N5O9/c33-18-31-15-32(16-31,17-31)29(44)35-24(14-20-8-9-21-5-1-2-6-22(21)13-20)27(41)34-12-4-3-7-25(46-19-38)37-30(45)36-23(28(42)43)10-11-26(39)40/h1-2,5-6,8-9,13,19,23-25H,3-4,7,10-12,14-18,33H2,(H,34,41)(H,35,44)(H,39,40)(H,42,43)(H2,36,37,45)/t23-,24-,25+,31?,32?/m0/s1. The van der Waals surface area contributed by atoms with Gasteiger partial charge in [0.15, 0.2) is 6.23 Å². The summed E-state index contributed by atoms with van der Waals surface area (Å²) in [6, 6.07) is 10.6. The number of amides is 4. The molecule has 248 valence electrons. The number of carboxylic acid groups (broad SMARTS) is 2. The fraction of sp³-hybridized carbons (Fsp3) is 0.500. The Morgan fingerprint density at radius 1 is 0.913 bits per heavy atom. The van der Waals surface area contributed by atoms with E-state index in [4.69, 9.17) is 15.6 Å². The Morgan fingerprint density at radius 2 is 1.63 bits per heavy atom. The molecule has 3 aliphatic rings. The summed E-state index contributed by atoms with van der Waals surface area (Å²) in [5.74, 6) is -3.07. The van der Waals surface area contributed by atoms with Crippen molar-refractivity contribution in [2.75, 3.05) is 13.1 Å². The number of nitrogens with one attached hydrogen (secondary N) is 4. The number of rotatable bonds is 19. The average Bonchev–Trinajstić information content (AvgIpc) is 2.97. The zero-order chi connectivity index (χ0) is 33.3. The number of nitrogens with two attached hydrogens (primary N) is 1. The van der Waals surface area contributed by atoms with Crippen molar-refractivity contribution in [3.63, 3.8) is 0 Å². The van der Waals surface area contributed by atoms with Gasteiger partial charge in [0, 0.05) is 25.8 Å². The first-order chi connectivity index (χ1) is 22.0. The minimum absolute atomic E-state index is 0.0622. The number of carbonyl (C=O) groups excluding carboxylic acids is 4. The van der Waals surface area contributed by atoms with Gasteiger partial charge in [-0.2, -0.15) is 0 Å². The van der Waals surface area contributed by atoms with Crippen LogP contribution in [0.5, 0.6) is 0 Å². The Balaban J connectivity index is 1.28. The van der Waals surface area contributed by atoms with Crippen LogP contribution in [-0.2, 0) is 35.1 Å². The minimum Gasteiger partial charge on any atom is -0.481 e. The minimum atomic E-state index is -1.44. The summed E-state index contributed by atoms with van der Waals surface area (Å²) in [5.41, 5.74) is 6.38. The number of carboxylic acids is 2. The number of ether oxygens (including phenoxy) is 1. The predicted octanol–water partition coefficient (Wildman–Crippen LogP) is 1.40. The highest BCUT2D eigenvalue weighted by molar-refractivity contribution is 5.92. The smallest absolute Gasteiger partial charge is 0.326 e. The van der Waals surface area contributed by atoms with Crippen molar-refractivity contribution in [1.82, 2.24) is 21.3 Å². The number of urea groups is 1. The molecule has 2 bridgehead atoms. The number of fused-ring (bicyclic) bond motifs is 1. The highest BCUT2D eigenvalue weighted by atomic mass is 16.5. The summed E-state index contributed by atoms with van der Waals surface area (Å²) >= 11 is 0. The van der Waals surface area contributed by atoms with Crippen LogP contribution in [0.3, 0.4) is 0 Å². The predicted molar refractivity (Wildman–Crippen MR) is 165 cm³/mol. The molecule has 0 spiro atoms.